The minimum atomic E-state index is -0.201. The van der Waals surface area contributed by atoms with Gasteiger partial charge in [-0.25, -0.2) is 0 Å². The van der Waals surface area contributed by atoms with E-state index in [1.807, 2.05) is 18.2 Å². The van der Waals surface area contributed by atoms with Crippen LogP contribution >= 0.6 is 0 Å². The number of nitrogens with zero attached hydrogens (tertiary/aromatic N) is 1. The first-order valence-electron chi connectivity index (χ1n) is 6.05. The molecule has 2 heterocycles. The van der Waals surface area contributed by atoms with Crippen LogP contribution in [0.2, 0.25) is 0 Å². The second-order valence-corrected chi connectivity index (χ2v) is 4.68. The molecule has 1 atom stereocenters. The standard InChI is InChI=1S/C14H17NO2/c1-2-4-13(5-3-1)10-16-12-14-6-7-15(11-14)8-9-17-14/h1-7H,8-12H2. The Morgan fingerprint density at radius 2 is 2.18 bits per heavy atom. The molecule has 1 aromatic carbocycles. The van der Waals surface area contributed by atoms with Crippen LogP contribution < -0.4 is 0 Å². The molecular formula is C14H17NO2. The Balaban J connectivity index is 1.53. The van der Waals surface area contributed by atoms with Crippen molar-refractivity contribution in [3.63, 3.8) is 0 Å². The molecule has 1 fully saturated rings. The van der Waals surface area contributed by atoms with Gasteiger partial charge in [0.15, 0.2) is 0 Å². The van der Waals surface area contributed by atoms with E-state index < -0.39 is 0 Å². The average Bonchev–Trinajstić information content (AvgIpc) is 2.66. The molecule has 2 bridgehead atoms. The summed E-state index contributed by atoms with van der Waals surface area (Å²) in [4.78, 5) is 2.29. The Kier molecular flexibility index (Phi) is 2.87. The highest BCUT2D eigenvalue weighted by Crippen LogP contribution is 2.26. The number of fused-ring (bicyclic) bond motifs is 2. The lowest BCUT2D eigenvalue weighted by Gasteiger charge is -2.34. The van der Waals surface area contributed by atoms with E-state index in [0.29, 0.717) is 13.2 Å². The lowest BCUT2D eigenvalue weighted by molar-refractivity contribution is -0.0984. The van der Waals surface area contributed by atoms with E-state index in [2.05, 4.69) is 29.3 Å². The lowest BCUT2D eigenvalue weighted by Crippen LogP contribution is -2.47. The fourth-order valence-electron chi connectivity index (χ4n) is 2.36. The summed E-state index contributed by atoms with van der Waals surface area (Å²) in [6, 6.07) is 10.2. The molecule has 0 N–H and O–H groups in total. The Morgan fingerprint density at radius 1 is 1.29 bits per heavy atom. The molecule has 0 aliphatic carbocycles. The van der Waals surface area contributed by atoms with Gasteiger partial charge in [0.05, 0.1) is 26.4 Å². The van der Waals surface area contributed by atoms with E-state index in [-0.39, 0.29) is 5.60 Å². The third-order valence-electron chi connectivity index (χ3n) is 3.29. The van der Waals surface area contributed by atoms with Gasteiger partial charge in [0.25, 0.3) is 0 Å². The highest BCUT2D eigenvalue weighted by Gasteiger charge is 2.38. The van der Waals surface area contributed by atoms with Gasteiger partial charge < -0.3 is 14.4 Å². The monoisotopic (exact) mass is 231 g/mol. The van der Waals surface area contributed by atoms with Gasteiger partial charge in [-0.05, 0) is 17.8 Å². The van der Waals surface area contributed by atoms with Gasteiger partial charge in [-0.15, -0.1) is 0 Å². The summed E-state index contributed by atoms with van der Waals surface area (Å²) in [6.45, 7) is 4.01. The molecule has 2 aliphatic heterocycles. The number of hydrogen-bond acceptors (Lipinski definition) is 3. The molecule has 3 nitrogen and oxygen atoms in total. The average molecular weight is 231 g/mol. The first kappa shape index (κ1) is 10.8. The highest BCUT2D eigenvalue weighted by atomic mass is 16.5. The maximum absolute atomic E-state index is 5.84. The second-order valence-electron chi connectivity index (χ2n) is 4.68. The van der Waals surface area contributed by atoms with Crippen molar-refractivity contribution in [3.05, 3.63) is 48.2 Å². The molecular weight excluding hydrogens is 214 g/mol. The van der Waals surface area contributed by atoms with Gasteiger partial charge in [-0.2, -0.15) is 0 Å². The van der Waals surface area contributed by atoms with Crippen molar-refractivity contribution >= 4 is 0 Å². The number of benzene rings is 1. The fourth-order valence-corrected chi connectivity index (χ4v) is 2.36. The summed E-state index contributed by atoms with van der Waals surface area (Å²) in [7, 11) is 0. The quantitative estimate of drug-likeness (QED) is 0.788. The zero-order valence-electron chi connectivity index (χ0n) is 9.84. The molecule has 2 aliphatic rings. The van der Waals surface area contributed by atoms with Crippen LogP contribution in [0.3, 0.4) is 0 Å². The van der Waals surface area contributed by atoms with E-state index in [9.17, 15) is 0 Å². The van der Waals surface area contributed by atoms with Crippen molar-refractivity contribution in [2.24, 2.45) is 0 Å². The van der Waals surface area contributed by atoms with Gasteiger partial charge in [0.2, 0.25) is 0 Å². The molecule has 90 valence electrons. The van der Waals surface area contributed by atoms with Crippen molar-refractivity contribution in [3.8, 4) is 0 Å². The van der Waals surface area contributed by atoms with E-state index in [4.69, 9.17) is 9.47 Å². The minimum Gasteiger partial charge on any atom is -0.373 e. The molecule has 17 heavy (non-hydrogen) atoms. The molecule has 3 rings (SSSR count). The maximum Gasteiger partial charge on any atom is 0.129 e. The van der Waals surface area contributed by atoms with Crippen LogP contribution in [0.4, 0.5) is 0 Å². The lowest BCUT2D eigenvalue weighted by atomic mass is 10.1. The number of ether oxygens (including phenoxy) is 2. The van der Waals surface area contributed by atoms with Crippen molar-refractivity contribution in [1.29, 1.82) is 0 Å². The summed E-state index contributed by atoms with van der Waals surface area (Å²) in [5, 5.41) is 0. The van der Waals surface area contributed by atoms with Crippen molar-refractivity contribution in [2.75, 3.05) is 26.3 Å². The van der Waals surface area contributed by atoms with Crippen LogP contribution in [-0.2, 0) is 16.1 Å². The topological polar surface area (TPSA) is 21.7 Å². The molecule has 3 heteroatoms. The Hall–Kier alpha value is -1.32. The van der Waals surface area contributed by atoms with Crippen LogP contribution in [0.5, 0.6) is 0 Å². The van der Waals surface area contributed by atoms with Crippen molar-refractivity contribution in [2.45, 2.75) is 12.2 Å². The van der Waals surface area contributed by atoms with E-state index >= 15 is 0 Å². The fraction of sp³-hybridized carbons (Fsp3) is 0.429. The molecule has 1 unspecified atom stereocenters. The minimum absolute atomic E-state index is 0.201. The third-order valence-corrected chi connectivity index (χ3v) is 3.29. The normalized spacial score (nSPS) is 26.5. The van der Waals surface area contributed by atoms with E-state index in [1.165, 1.54) is 5.56 Å². The van der Waals surface area contributed by atoms with Crippen LogP contribution in [0.15, 0.2) is 42.6 Å². The molecule has 1 aromatic rings. The number of rotatable bonds is 4. The number of morpholine rings is 1. The van der Waals surface area contributed by atoms with Crippen LogP contribution in [0, 0.1) is 0 Å². The zero-order chi connectivity index (χ0) is 11.6. The van der Waals surface area contributed by atoms with Gasteiger partial charge in [-0.3, -0.25) is 0 Å². The smallest absolute Gasteiger partial charge is 0.129 e. The SMILES string of the molecule is C1=CC2(COCc3ccccc3)CN1CCO2. The van der Waals surface area contributed by atoms with Crippen molar-refractivity contribution in [1.82, 2.24) is 4.90 Å². The molecule has 0 radical (unpaired) electrons. The van der Waals surface area contributed by atoms with E-state index in [0.717, 1.165) is 19.7 Å². The van der Waals surface area contributed by atoms with Crippen LogP contribution in [0.25, 0.3) is 0 Å². The van der Waals surface area contributed by atoms with Gasteiger partial charge >= 0.3 is 0 Å². The molecule has 1 saturated heterocycles. The van der Waals surface area contributed by atoms with Crippen LogP contribution in [0.1, 0.15) is 5.56 Å². The van der Waals surface area contributed by atoms with Gasteiger partial charge in [0, 0.05) is 6.54 Å². The summed E-state index contributed by atoms with van der Waals surface area (Å²) in [5.74, 6) is 0. The molecule has 0 amide bonds. The summed E-state index contributed by atoms with van der Waals surface area (Å²) in [5.41, 5.74) is 1.01. The highest BCUT2D eigenvalue weighted by molar-refractivity contribution is 5.15. The predicted molar refractivity (Wildman–Crippen MR) is 65.5 cm³/mol. The summed E-state index contributed by atoms with van der Waals surface area (Å²) < 4.78 is 11.6. The van der Waals surface area contributed by atoms with Gasteiger partial charge in [0.1, 0.15) is 5.60 Å². The Morgan fingerprint density at radius 3 is 3.06 bits per heavy atom. The molecule has 0 aromatic heterocycles. The van der Waals surface area contributed by atoms with E-state index in [1.54, 1.807) is 0 Å². The first-order chi connectivity index (χ1) is 8.36. The predicted octanol–water partition coefficient (Wildman–Crippen LogP) is 1.80. The Labute approximate surface area is 102 Å². The van der Waals surface area contributed by atoms with Gasteiger partial charge in [-0.1, -0.05) is 30.3 Å². The molecule has 0 saturated carbocycles. The first-order valence-corrected chi connectivity index (χ1v) is 6.05. The summed E-state index contributed by atoms with van der Waals surface area (Å²) >= 11 is 0. The largest absolute Gasteiger partial charge is 0.373 e. The summed E-state index contributed by atoms with van der Waals surface area (Å²) in [6.07, 6.45) is 4.25. The van der Waals surface area contributed by atoms with Crippen molar-refractivity contribution < 1.29 is 9.47 Å². The van der Waals surface area contributed by atoms with Crippen LogP contribution in [-0.4, -0.2) is 36.8 Å². The number of hydrogen-bond donors (Lipinski definition) is 0. The maximum atomic E-state index is 5.84. The molecule has 0 spiro atoms. The Bertz CT molecular complexity index is 404. The third kappa shape index (κ3) is 2.35. The second kappa shape index (κ2) is 4.51. The zero-order valence-corrected chi connectivity index (χ0v) is 9.84.